The largest absolute Gasteiger partial charge is 0.508 e. The summed E-state index contributed by atoms with van der Waals surface area (Å²) in [5.41, 5.74) is -0.361. The van der Waals surface area contributed by atoms with Gasteiger partial charge in [-0.3, -0.25) is 0 Å². The average molecular weight is 873 g/mol. The maximum Gasteiger partial charge on any atom is 0.331 e. The monoisotopic (exact) mass is 872 g/mol. The molecule has 0 bridgehead atoms. The summed E-state index contributed by atoms with van der Waals surface area (Å²) in [5.74, 6) is -2.19. The number of esters is 1. The molecule has 0 aliphatic carbocycles. The number of unbranched alkanes of at least 4 members (excludes halogenated alkanes) is 3. The van der Waals surface area contributed by atoms with Crippen LogP contribution in [-0.4, -0.2) is 184 Å². The molecule has 3 aliphatic heterocycles. The molecule has 16 atom stereocenters. The molecule has 1 aromatic carbocycles. The number of carbonyl (C=O) groups is 1. The normalized spacial score (nSPS) is 35.4. The van der Waals surface area contributed by atoms with Gasteiger partial charge in [-0.25, -0.2) is 4.79 Å². The van der Waals surface area contributed by atoms with E-state index in [1.807, 2.05) is 12.2 Å². The molecule has 3 fully saturated rings. The highest BCUT2D eigenvalue weighted by Gasteiger charge is 2.55. The quantitative estimate of drug-likeness (QED) is 0.0288. The standard InChI is InChI=1S/C41H60O20/c1-2-3-4-5-6-7-9-12-22(46)13-10-8-11-14-28(49)59-38-35(55)37(29-21(17-42)15-23(47)16-24(29)48)56-27(20-45)36(38)60-41-39(33(53)31(51)26(19-44)58-41)61-40-34(54)32(52)30(50)25(18-43)57-40/h6-12,14-16,22,25-27,30-48,50-55H,2-5,13,17-20H2,1H3/b7-6+,10-8+,12-9+,14-11+/t22?,25-,26-,27-,30+,31?,32+,33+,34-,35?,36-,37?,38-,39?,40?,41?/m1/s1. The zero-order valence-electron chi connectivity index (χ0n) is 33.5. The molecule has 20 nitrogen and oxygen atoms in total. The molecule has 344 valence electrons. The van der Waals surface area contributed by atoms with Crippen LogP contribution in [0.1, 0.15) is 56.3 Å². The molecule has 13 N–H and O–H groups in total. The van der Waals surface area contributed by atoms with Crippen LogP contribution in [0.4, 0.5) is 0 Å². The molecule has 0 radical (unpaired) electrons. The molecule has 1 aromatic rings. The number of phenols is 2. The van der Waals surface area contributed by atoms with Gasteiger partial charge in [0.15, 0.2) is 18.7 Å². The Balaban J connectivity index is 1.62. The summed E-state index contributed by atoms with van der Waals surface area (Å²) in [6, 6.07) is 1.97. The molecule has 0 amide bonds. The van der Waals surface area contributed by atoms with E-state index in [4.69, 9.17) is 28.4 Å². The van der Waals surface area contributed by atoms with Crippen molar-refractivity contribution in [2.24, 2.45) is 0 Å². The van der Waals surface area contributed by atoms with Crippen LogP contribution < -0.4 is 0 Å². The lowest BCUT2D eigenvalue weighted by atomic mass is 9.88. The minimum atomic E-state index is -2.02. The number of hydrogen-bond donors (Lipinski definition) is 13. The number of rotatable bonds is 20. The van der Waals surface area contributed by atoms with Crippen molar-refractivity contribution in [3.63, 3.8) is 0 Å². The van der Waals surface area contributed by atoms with Crippen LogP contribution in [0.15, 0.2) is 60.7 Å². The predicted octanol–water partition coefficient (Wildman–Crippen LogP) is -2.14. The van der Waals surface area contributed by atoms with Gasteiger partial charge in [0.25, 0.3) is 0 Å². The van der Waals surface area contributed by atoms with Crippen LogP contribution in [0, 0.1) is 0 Å². The highest BCUT2D eigenvalue weighted by Crippen LogP contribution is 2.43. The number of aromatic hydroxyl groups is 2. The van der Waals surface area contributed by atoms with E-state index in [2.05, 4.69) is 6.92 Å². The smallest absolute Gasteiger partial charge is 0.331 e. The number of allylic oxidation sites excluding steroid dienone is 5. The van der Waals surface area contributed by atoms with Gasteiger partial charge in [0.05, 0.1) is 32.5 Å². The Morgan fingerprint density at radius 3 is 2.00 bits per heavy atom. The third-order valence-electron chi connectivity index (χ3n) is 10.4. The van der Waals surface area contributed by atoms with Crippen LogP contribution in [0.2, 0.25) is 0 Å². The highest BCUT2D eigenvalue weighted by molar-refractivity contribution is 5.82. The van der Waals surface area contributed by atoms with Crippen molar-refractivity contribution in [2.45, 2.75) is 144 Å². The minimum Gasteiger partial charge on any atom is -0.508 e. The SMILES string of the molecule is CCCCC/C=C/C=C/C(O)C/C=C/C=C/C(=O)O[C@@H]1C(O)C(c2c(O)cc(O)cc2CO)O[C@H](CO)[C@H]1OC1O[C@H](CO)C(O)[C@H](O)C1OC1O[C@H](CO)[C@H](O)[C@H](O)[C@H]1O. The molecule has 0 aromatic heterocycles. The Hall–Kier alpha value is -3.39. The van der Waals surface area contributed by atoms with Crippen molar-refractivity contribution in [2.75, 3.05) is 19.8 Å². The second-order valence-corrected chi connectivity index (χ2v) is 14.9. The van der Waals surface area contributed by atoms with E-state index in [9.17, 15) is 71.2 Å². The van der Waals surface area contributed by atoms with Gasteiger partial charge in [-0.2, -0.15) is 0 Å². The molecular formula is C41H60O20. The Labute approximate surface area is 352 Å². The van der Waals surface area contributed by atoms with Crippen molar-refractivity contribution in [1.82, 2.24) is 0 Å². The third-order valence-corrected chi connectivity index (χ3v) is 10.4. The summed E-state index contributed by atoms with van der Waals surface area (Å²) < 4.78 is 34.6. The van der Waals surface area contributed by atoms with E-state index in [0.717, 1.165) is 43.9 Å². The lowest BCUT2D eigenvalue weighted by Crippen LogP contribution is -2.66. The first-order valence-corrected chi connectivity index (χ1v) is 20.1. The van der Waals surface area contributed by atoms with Gasteiger partial charge in [0.2, 0.25) is 0 Å². The summed E-state index contributed by atoms with van der Waals surface area (Å²) in [6.45, 7) is -1.34. The average Bonchev–Trinajstić information content (AvgIpc) is 3.24. The molecule has 7 unspecified atom stereocenters. The fraction of sp³-hybridized carbons (Fsp3) is 0.634. The van der Waals surface area contributed by atoms with Crippen molar-refractivity contribution >= 4 is 5.97 Å². The van der Waals surface area contributed by atoms with Gasteiger partial charge in [-0.15, -0.1) is 0 Å². The Bertz CT molecular complexity index is 1620. The lowest BCUT2D eigenvalue weighted by Gasteiger charge is -2.49. The van der Waals surface area contributed by atoms with Gasteiger partial charge in [-0.1, -0.05) is 62.3 Å². The second kappa shape index (κ2) is 24.5. The van der Waals surface area contributed by atoms with E-state index < -0.39 is 142 Å². The molecule has 61 heavy (non-hydrogen) atoms. The van der Waals surface area contributed by atoms with Crippen molar-refractivity contribution in [1.29, 1.82) is 0 Å². The zero-order chi connectivity index (χ0) is 44.8. The number of benzene rings is 1. The van der Waals surface area contributed by atoms with Crippen LogP contribution in [0.25, 0.3) is 0 Å². The van der Waals surface area contributed by atoms with Gasteiger partial charge in [-0.05, 0) is 30.9 Å². The number of hydrogen-bond acceptors (Lipinski definition) is 20. The summed E-state index contributed by atoms with van der Waals surface area (Å²) in [4.78, 5) is 13.3. The van der Waals surface area contributed by atoms with E-state index in [1.54, 1.807) is 18.2 Å². The number of aliphatic hydroxyl groups excluding tert-OH is 11. The number of carbonyl (C=O) groups excluding carboxylic acids is 1. The zero-order valence-corrected chi connectivity index (χ0v) is 33.5. The van der Waals surface area contributed by atoms with Crippen LogP contribution in [-0.2, 0) is 39.8 Å². The van der Waals surface area contributed by atoms with Crippen molar-refractivity contribution < 1.29 is 99.6 Å². The van der Waals surface area contributed by atoms with Gasteiger partial charge >= 0.3 is 5.97 Å². The highest BCUT2D eigenvalue weighted by atomic mass is 16.8. The van der Waals surface area contributed by atoms with Crippen LogP contribution in [0.5, 0.6) is 11.5 Å². The van der Waals surface area contributed by atoms with E-state index in [1.165, 1.54) is 12.2 Å². The lowest BCUT2D eigenvalue weighted by molar-refractivity contribution is -0.383. The van der Waals surface area contributed by atoms with E-state index in [0.29, 0.717) is 0 Å². The van der Waals surface area contributed by atoms with E-state index in [-0.39, 0.29) is 17.5 Å². The molecule has 3 aliphatic rings. The van der Waals surface area contributed by atoms with Crippen LogP contribution in [0.3, 0.4) is 0 Å². The predicted molar refractivity (Wildman–Crippen MR) is 209 cm³/mol. The Morgan fingerprint density at radius 1 is 0.705 bits per heavy atom. The van der Waals surface area contributed by atoms with Gasteiger partial charge in [0, 0.05) is 17.7 Å². The number of phenolic OH excluding ortho intramolecular Hbond substituents is 2. The topological polar surface area (TPSA) is 335 Å². The summed E-state index contributed by atoms with van der Waals surface area (Å²) in [7, 11) is 0. The summed E-state index contributed by atoms with van der Waals surface area (Å²) >= 11 is 0. The van der Waals surface area contributed by atoms with Gasteiger partial charge < -0.3 is 94.8 Å². The molecule has 20 heteroatoms. The molecule has 4 rings (SSSR count). The first-order valence-electron chi connectivity index (χ1n) is 20.1. The first kappa shape index (κ1) is 50.3. The summed E-state index contributed by atoms with van der Waals surface area (Å²) in [6.07, 6.45) is -11.2. The first-order chi connectivity index (χ1) is 29.2. The fourth-order valence-corrected chi connectivity index (χ4v) is 7.11. The van der Waals surface area contributed by atoms with Crippen molar-refractivity contribution in [3.05, 3.63) is 71.9 Å². The molecule has 3 heterocycles. The fourth-order valence-electron chi connectivity index (χ4n) is 7.11. The molecule has 0 spiro atoms. The third kappa shape index (κ3) is 13.1. The van der Waals surface area contributed by atoms with Gasteiger partial charge in [0.1, 0.15) is 84.7 Å². The Morgan fingerprint density at radius 2 is 1.34 bits per heavy atom. The van der Waals surface area contributed by atoms with E-state index >= 15 is 0 Å². The summed E-state index contributed by atoms with van der Waals surface area (Å²) in [5, 5.41) is 136. The Kier molecular flexibility index (Phi) is 20.1. The number of aliphatic hydroxyl groups is 11. The molecule has 0 saturated carbocycles. The maximum absolute atomic E-state index is 13.3. The minimum absolute atomic E-state index is 0.112. The second-order valence-electron chi connectivity index (χ2n) is 14.9. The van der Waals surface area contributed by atoms with Crippen molar-refractivity contribution in [3.8, 4) is 11.5 Å². The molecular weight excluding hydrogens is 812 g/mol. The molecule has 3 saturated heterocycles. The van der Waals surface area contributed by atoms with Crippen LogP contribution >= 0.6 is 0 Å². The maximum atomic E-state index is 13.3. The number of ether oxygens (including phenoxy) is 6.